The molecule has 0 N–H and O–H groups in total. The molecule has 0 radical (unpaired) electrons. The molecule has 0 spiro atoms. The van der Waals surface area contributed by atoms with Crippen LogP contribution < -0.4 is 9.64 Å². The van der Waals surface area contributed by atoms with E-state index in [1.807, 2.05) is 0 Å². The summed E-state index contributed by atoms with van der Waals surface area (Å²) in [5.41, 5.74) is 0. The third-order valence-corrected chi connectivity index (χ3v) is 4.44. The minimum Gasteiger partial charge on any atom is -0.475 e. The summed E-state index contributed by atoms with van der Waals surface area (Å²) in [6, 6.07) is 2.63. The molecule has 0 bridgehead atoms. The number of carbonyl (C=O) groups is 2. The second-order valence-corrected chi connectivity index (χ2v) is 6.23. The van der Waals surface area contributed by atoms with E-state index in [1.165, 1.54) is 17.0 Å². The van der Waals surface area contributed by atoms with Gasteiger partial charge in [0.15, 0.2) is 11.9 Å². The van der Waals surface area contributed by atoms with Crippen molar-refractivity contribution >= 4 is 23.5 Å². The number of ether oxygens (including phenoxy) is 1. The van der Waals surface area contributed by atoms with E-state index < -0.39 is 22.8 Å². The highest BCUT2D eigenvalue weighted by Gasteiger charge is 2.38. The Morgan fingerprint density at radius 2 is 2.00 bits per heavy atom. The van der Waals surface area contributed by atoms with Crippen LogP contribution in [0.25, 0.3) is 0 Å². The Kier molecular flexibility index (Phi) is 4.82. The van der Waals surface area contributed by atoms with Gasteiger partial charge in [-0.15, -0.1) is 0 Å². The Labute approximate surface area is 144 Å². The van der Waals surface area contributed by atoms with Crippen molar-refractivity contribution in [2.24, 2.45) is 0 Å². The summed E-state index contributed by atoms with van der Waals surface area (Å²) in [6.07, 6.45) is 3.30. The number of amides is 2. The summed E-state index contributed by atoms with van der Waals surface area (Å²) in [5, 5.41) is 11.0. The minimum atomic E-state index is -0.771. The molecule has 9 heteroatoms. The van der Waals surface area contributed by atoms with Crippen LogP contribution in [0.1, 0.15) is 32.6 Å². The normalized spacial score (nSPS) is 20.5. The molecular weight excluding hydrogens is 328 g/mol. The second kappa shape index (κ2) is 7.04. The van der Waals surface area contributed by atoms with Crippen LogP contribution in [-0.4, -0.2) is 52.4 Å². The third kappa shape index (κ3) is 3.54. The fraction of sp³-hybridized carbons (Fsp3) is 0.562. The average molecular weight is 348 g/mol. The van der Waals surface area contributed by atoms with Gasteiger partial charge in [-0.3, -0.25) is 14.5 Å². The van der Waals surface area contributed by atoms with E-state index in [-0.39, 0.29) is 24.0 Å². The van der Waals surface area contributed by atoms with E-state index in [0.717, 1.165) is 25.7 Å². The van der Waals surface area contributed by atoms with Gasteiger partial charge in [0, 0.05) is 19.2 Å². The third-order valence-electron chi connectivity index (χ3n) is 4.44. The molecule has 1 fully saturated rings. The molecule has 1 saturated heterocycles. The molecule has 134 valence electrons. The lowest BCUT2D eigenvalue weighted by molar-refractivity contribution is -0.389. The van der Waals surface area contributed by atoms with E-state index in [0.29, 0.717) is 13.1 Å². The number of pyridine rings is 1. The number of fused-ring (bicyclic) bond motifs is 1. The predicted octanol–water partition coefficient (Wildman–Crippen LogP) is 1.51. The lowest BCUT2D eigenvalue weighted by atomic mass is 10.2. The van der Waals surface area contributed by atoms with Crippen molar-refractivity contribution in [2.45, 2.75) is 38.7 Å². The van der Waals surface area contributed by atoms with Gasteiger partial charge in [-0.25, -0.2) is 0 Å². The number of aromatic nitrogens is 1. The highest BCUT2D eigenvalue weighted by atomic mass is 16.6. The van der Waals surface area contributed by atoms with E-state index in [9.17, 15) is 19.7 Å². The van der Waals surface area contributed by atoms with Gasteiger partial charge in [0.1, 0.15) is 6.54 Å². The molecule has 1 unspecified atom stereocenters. The molecule has 25 heavy (non-hydrogen) atoms. The number of hydrogen-bond acceptors (Lipinski definition) is 6. The molecule has 2 amide bonds. The van der Waals surface area contributed by atoms with E-state index >= 15 is 0 Å². The van der Waals surface area contributed by atoms with Crippen molar-refractivity contribution < 1.29 is 19.2 Å². The van der Waals surface area contributed by atoms with Crippen LogP contribution in [0.3, 0.4) is 0 Å². The summed E-state index contributed by atoms with van der Waals surface area (Å²) < 4.78 is 5.45. The van der Waals surface area contributed by atoms with Crippen LogP contribution in [0, 0.1) is 10.1 Å². The number of rotatable bonds is 3. The lowest BCUT2D eigenvalue weighted by Gasteiger charge is -2.30. The number of nitro groups is 1. The number of hydrogen-bond donors (Lipinski definition) is 0. The molecule has 0 aromatic carbocycles. The fourth-order valence-electron chi connectivity index (χ4n) is 3.09. The Bertz CT molecular complexity index is 700. The lowest BCUT2D eigenvalue weighted by Crippen LogP contribution is -2.50. The maximum Gasteiger partial charge on any atom is 0.366 e. The van der Waals surface area contributed by atoms with Gasteiger partial charge in [0.25, 0.3) is 11.7 Å². The van der Waals surface area contributed by atoms with Crippen molar-refractivity contribution in [3.63, 3.8) is 0 Å². The molecule has 2 aliphatic rings. The van der Waals surface area contributed by atoms with Crippen molar-refractivity contribution in [1.29, 1.82) is 0 Å². The van der Waals surface area contributed by atoms with E-state index in [2.05, 4.69) is 4.98 Å². The van der Waals surface area contributed by atoms with Gasteiger partial charge in [0.2, 0.25) is 5.91 Å². The molecule has 1 atom stereocenters. The quantitative estimate of drug-likeness (QED) is 0.605. The average Bonchev–Trinajstić information content (AvgIpc) is 2.87. The maximum absolute atomic E-state index is 12.6. The van der Waals surface area contributed by atoms with Crippen molar-refractivity contribution in [2.75, 3.05) is 24.5 Å². The zero-order valence-electron chi connectivity index (χ0n) is 14.0. The second-order valence-electron chi connectivity index (χ2n) is 6.23. The molecule has 0 aliphatic carbocycles. The topological polar surface area (TPSA) is 106 Å². The van der Waals surface area contributed by atoms with Gasteiger partial charge < -0.3 is 19.8 Å². The summed E-state index contributed by atoms with van der Waals surface area (Å²) in [6.45, 7) is 2.73. The number of anilines is 1. The fourth-order valence-corrected chi connectivity index (χ4v) is 3.09. The van der Waals surface area contributed by atoms with Crippen LogP contribution in [0.15, 0.2) is 12.1 Å². The van der Waals surface area contributed by atoms with Gasteiger partial charge in [0.05, 0.1) is 0 Å². The van der Waals surface area contributed by atoms with Gasteiger partial charge in [-0.1, -0.05) is 12.8 Å². The van der Waals surface area contributed by atoms with Crippen LogP contribution in [-0.2, 0) is 9.59 Å². The zero-order valence-corrected chi connectivity index (χ0v) is 14.0. The monoisotopic (exact) mass is 348 g/mol. The summed E-state index contributed by atoms with van der Waals surface area (Å²) in [5.74, 6) is -0.703. The largest absolute Gasteiger partial charge is 0.475 e. The first-order valence-corrected chi connectivity index (χ1v) is 8.38. The van der Waals surface area contributed by atoms with E-state index in [4.69, 9.17) is 4.74 Å². The van der Waals surface area contributed by atoms with Gasteiger partial charge in [-0.05, 0) is 35.7 Å². The highest BCUT2D eigenvalue weighted by Crippen LogP contribution is 2.34. The number of carbonyl (C=O) groups excluding carboxylic acids is 2. The summed E-state index contributed by atoms with van der Waals surface area (Å²) >= 11 is 0. The number of likely N-dealkylation sites (tertiary alicyclic amines) is 1. The van der Waals surface area contributed by atoms with E-state index in [1.54, 1.807) is 11.8 Å². The standard InChI is InChI=1S/C16H20N4O5/c1-11-16(22)19(10-14(21)18-8-4-2-3-5-9-18)15-12(25-11)6-7-13(17-15)20(23)24/h6-7,11H,2-5,8-10H2,1H3. The molecular formula is C16H20N4O5. The van der Waals surface area contributed by atoms with Crippen LogP contribution in [0.2, 0.25) is 0 Å². The minimum absolute atomic E-state index is 0.0282. The zero-order chi connectivity index (χ0) is 18.0. The Morgan fingerprint density at radius 1 is 1.32 bits per heavy atom. The van der Waals surface area contributed by atoms with Crippen LogP contribution in [0.5, 0.6) is 5.75 Å². The first kappa shape index (κ1) is 17.1. The Hall–Kier alpha value is -2.71. The van der Waals surface area contributed by atoms with Crippen molar-refractivity contribution in [3.8, 4) is 5.75 Å². The van der Waals surface area contributed by atoms with Crippen molar-refractivity contribution in [3.05, 3.63) is 22.2 Å². The maximum atomic E-state index is 12.6. The highest BCUT2D eigenvalue weighted by molar-refractivity contribution is 6.02. The predicted molar refractivity (Wildman–Crippen MR) is 88.4 cm³/mol. The molecule has 3 heterocycles. The summed E-state index contributed by atoms with van der Waals surface area (Å²) in [4.78, 5) is 42.3. The van der Waals surface area contributed by atoms with Crippen molar-refractivity contribution in [1.82, 2.24) is 9.88 Å². The van der Waals surface area contributed by atoms with Gasteiger partial charge >= 0.3 is 5.82 Å². The first-order valence-electron chi connectivity index (χ1n) is 8.38. The first-order chi connectivity index (χ1) is 12.0. The molecule has 9 nitrogen and oxygen atoms in total. The summed E-state index contributed by atoms with van der Waals surface area (Å²) in [7, 11) is 0. The molecule has 3 rings (SSSR count). The van der Waals surface area contributed by atoms with Gasteiger partial charge in [-0.2, -0.15) is 0 Å². The van der Waals surface area contributed by atoms with Crippen LogP contribution >= 0.6 is 0 Å². The molecule has 1 aromatic rings. The molecule has 0 saturated carbocycles. The van der Waals surface area contributed by atoms with Crippen LogP contribution in [0.4, 0.5) is 11.6 Å². The number of nitrogens with zero attached hydrogens (tertiary/aromatic N) is 4. The SMILES string of the molecule is CC1Oc2ccc([N+](=O)[O-])nc2N(CC(=O)N2CCCCCC2)C1=O. The molecule has 2 aliphatic heterocycles. The smallest absolute Gasteiger partial charge is 0.366 e. The Balaban J connectivity index is 1.86. The molecule has 1 aromatic heterocycles. The Morgan fingerprint density at radius 3 is 2.64 bits per heavy atom.